The summed E-state index contributed by atoms with van der Waals surface area (Å²) >= 11 is 0. The SMILES string of the molecule is Cc1ccc(ON)c(C)c1C. The third-order valence-corrected chi connectivity index (χ3v) is 2.14. The molecule has 11 heavy (non-hydrogen) atoms. The van der Waals surface area contributed by atoms with Crippen molar-refractivity contribution in [2.24, 2.45) is 5.90 Å². The summed E-state index contributed by atoms with van der Waals surface area (Å²) in [4.78, 5) is 4.68. The molecular weight excluding hydrogens is 138 g/mol. The van der Waals surface area contributed by atoms with Crippen LogP contribution in [0.15, 0.2) is 12.1 Å². The predicted molar refractivity (Wildman–Crippen MR) is 45.5 cm³/mol. The highest BCUT2D eigenvalue weighted by Gasteiger charge is 2.02. The zero-order chi connectivity index (χ0) is 8.43. The Morgan fingerprint density at radius 1 is 1.09 bits per heavy atom. The fraction of sp³-hybridized carbons (Fsp3) is 0.333. The predicted octanol–water partition coefficient (Wildman–Crippen LogP) is 1.86. The van der Waals surface area contributed by atoms with Crippen LogP contribution in [0.2, 0.25) is 0 Å². The first-order chi connectivity index (χ1) is 5.16. The van der Waals surface area contributed by atoms with E-state index >= 15 is 0 Å². The lowest BCUT2D eigenvalue weighted by Crippen LogP contribution is -2.04. The molecular formula is C9H13NO. The molecule has 0 spiro atoms. The van der Waals surface area contributed by atoms with E-state index in [0.717, 1.165) is 11.3 Å². The van der Waals surface area contributed by atoms with Gasteiger partial charge in [-0.05, 0) is 43.5 Å². The van der Waals surface area contributed by atoms with Crippen molar-refractivity contribution in [2.75, 3.05) is 0 Å². The van der Waals surface area contributed by atoms with E-state index in [1.165, 1.54) is 11.1 Å². The molecule has 0 aliphatic heterocycles. The third-order valence-electron chi connectivity index (χ3n) is 2.14. The summed E-state index contributed by atoms with van der Waals surface area (Å²) in [6, 6.07) is 3.89. The highest BCUT2D eigenvalue weighted by atomic mass is 16.6. The van der Waals surface area contributed by atoms with E-state index in [1.807, 2.05) is 19.1 Å². The molecule has 0 aliphatic carbocycles. The molecule has 0 heterocycles. The fourth-order valence-corrected chi connectivity index (χ4v) is 1.06. The van der Waals surface area contributed by atoms with Crippen molar-refractivity contribution in [3.63, 3.8) is 0 Å². The molecule has 0 amide bonds. The first-order valence-corrected chi connectivity index (χ1v) is 3.60. The van der Waals surface area contributed by atoms with Crippen LogP contribution in [0.5, 0.6) is 5.75 Å². The zero-order valence-electron chi connectivity index (χ0n) is 7.14. The first kappa shape index (κ1) is 8.08. The average Bonchev–Trinajstić information content (AvgIpc) is 2.01. The van der Waals surface area contributed by atoms with Crippen LogP contribution < -0.4 is 10.7 Å². The Labute approximate surface area is 66.9 Å². The molecule has 2 heteroatoms. The molecule has 0 atom stereocenters. The minimum atomic E-state index is 0.758. The van der Waals surface area contributed by atoms with Crippen LogP contribution in [-0.2, 0) is 0 Å². The second kappa shape index (κ2) is 2.93. The average molecular weight is 151 g/mol. The molecule has 0 unspecified atom stereocenters. The molecule has 0 bridgehead atoms. The van der Waals surface area contributed by atoms with Crippen molar-refractivity contribution in [3.8, 4) is 5.75 Å². The molecule has 0 radical (unpaired) electrons. The molecule has 0 fully saturated rings. The summed E-state index contributed by atoms with van der Waals surface area (Å²) in [5.41, 5.74) is 3.63. The molecule has 0 aromatic heterocycles. The van der Waals surface area contributed by atoms with E-state index in [4.69, 9.17) is 5.90 Å². The highest BCUT2D eigenvalue weighted by Crippen LogP contribution is 2.22. The van der Waals surface area contributed by atoms with Crippen LogP contribution in [0.25, 0.3) is 0 Å². The summed E-state index contributed by atoms with van der Waals surface area (Å²) in [5.74, 6) is 5.83. The van der Waals surface area contributed by atoms with E-state index in [-0.39, 0.29) is 0 Å². The molecule has 1 aromatic rings. The van der Waals surface area contributed by atoms with Crippen LogP contribution in [0.4, 0.5) is 0 Å². The number of nitrogens with two attached hydrogens (primary N) is 1. The second-order valence-corrected chi connectivity index (χ2v) is 2.75. The van der Waals surface area contributed by atoms with Crippen molar-refractivity contribution in [3.05, 3.63) is 28.8 Å². The van der Waals surface area contributed by atoms with Crippen molar-refractivity contribution in [1.82, 2.24) is 0 Å². The number of rotatable bonds is 1. The van der Waals surface area contributed by atoms with Crippen LogP contribution in [0, 0.1) is 20.8 Å². The second-order valence-electron chi connectivity index (χ2n) is 2.75. The monoisotopic (exact) mass is 151 g/mol. The first-order valence-electron chi connectivity index (χ1n) is 3.60. The molecule has 60 valence electrons. The summed E-state index contributed by atoms with van der Waals surface area (Å²) < 4.78 is 0. The Hall–Kier alpha value is -1.02. The third kappa shape index (κ3) is 1.35. The molecule has 2 N–H and O–H groups in total. The lowest BCUT2D eigenvalue weighted by molar-refractivity contribution is 0.332. The minimum Gasteiger partial charge on any atom is -0.411 e. The summed E-state index contributed by atoms with van der Waals surface area (Å²) in [7, 11) is 0. The van der Waals surface area contributed by atoms with E-state index in [0.29, 0.717) is 0 Å². The van der Waals surface area contributed by atoms with Gasteiger partial charge in [0.2, 0.25) is 0 Å². The van der Waals surface area contributed by atoms with Gasteiger partial charge in [-0.1, -0.05) is 6.07 Å². The molecule has 1 aromatic carbocycles. The maximum atomic E-state index is 5.07. The number of benzene rings is 1. The summed E-state index contributed by atoms with van der Waals surface area (Å²) in [5, 5.41) is 0. The fourth-order valence-electron chi connectivity index (χ4n) is 1.06. The Kier molecular flexibility index (Phi) is 2.15. The largest absolute Gasteiger partial charge is 0.411 e. The maximum absolute atomic E-state index is 5.07. The van der Waals surface area contributed by atoms with Crippen molar-refractivity contribution >= 4 is 0 Å². The quantitative estimate of drug-likeness (QED) is 0.622. The van der Waals surface area contributed by atoms with Gasteiger partial charge in [0.05, 0.1) is 0 Å². The van der Waals surface area contributed by atoms with Gasteiger partial charge in [0.25, 0.3) is 0 Å². The minimum absolute atomic E-state index is 0.758. The van der Waals surface area contributed by atoms with Crippen molar-refractivity contribution < 1.29 is 4.84 Å². The van der Waals surface area contributed by atoms with E-state index in [1.54, 1.807) is 0 Å². The normalized spacial score (nSPS) is 9.82. The lowest BCUT2D eigenvalue weighted by Gasteiger charge is -2.08. The van der Waals surface area contributed by atoms with Gasteiger partial charge in [-0.25, -0.2) is 0 Å². The standard InChI is InChI=1S/C9H13NO/c1-6-4-5-9(11-10)8(3)7(6)2/h4-5H,10H2,1-3H3. The molecule has 0 saturated heterocycles. The Balaban J connectivity index is 3.25. The smallest absolute Gasteiger partial charge is 0.150 e. The Bertz CT molecular complexity index is 269. The van der Waals surface area contributed by atoms with Gasteiger partial charge >= 0.3 is 0 Å². The molecule has 2 nitrogen and oxygen atoms in total. The van der Waals surface area contributed by atoms with Gasteiger partial charge in [-0.2, -0.15) is 5.90 Å². The van der Waals surface area contributed by atoms with Gasteiger partial charge in [0.1, 0.15) is 5.75 Å². The van der Waals surface area contributed by atoms with Gasteiger partial charge in [0.15, 0.2) is 0 Å². The van der Waals surface area contributed by atoms with Crippen LogP contribution in [0.1, 0.15) is 16.7 Å². The topological polar surface area (TPSA) is 35.2 Å². The van der Waals surface area contributed by atoms with Gasteiger partial charge in [-0.15, -0.1) is 0 Å². The molecule has 0 aliphatic rings. The zero-order valence-corrected chi connectivity index (χ0v) is 7.14. The van der Waals surface area contributed by atoms with Crippen LogP contribution >= 0.6 is 0 Å². The number of hydrogen-bond donors (Lipinski definition) is 1. The van der Waals surface area contributed by atoms with Gasteiger partial charge in [0, 0.05) is 0 Å². The van der Waals surface area contributed by atoms with Gasteiger partial charge < -0.3 is 4.84 Å². The highest BCUT2D eigenvalue weighted by molar-refractivity contribution is 5.42. The molecule has 1 rings (SSSR count). The van der Waals surface area contributed by atoms with E-state index in [9.17, 15) is 0 Å². The maximum Gasteiger partial charge on any atom is 0.150 e. The van der Waals surface area contributed by atoms with E-state index < -0.39 is 0 Å². The summed E-state index contributed by atoms with van der Waals surface area (Å²) in [6.07, 6.45) is 0. The lowest BCUT2D eigenvalue weighted by atomic mass is 10.0. The van der Waals surface area contributed by atoms with Crippen molar-refractivity contribution in [1.29, 1.82) is 0 Å². The Morgan fingerprint density at radius 3 is 2.27 bits per heavy atom. The van der Waals surface area contributed by atoms with Crippen molar-refractivity contribution in [2.45, 2.75) is 20.8 Å². The molecule has 0 saturated carbocycles. The van der Waals surface area contributed by atoms with Crippen LogP contribution in [0.3, 0.4) is 0 Å². The Morgan fingerprint density at radius 2 is 1.73 bits per heavy atom. The number of hydrogen-bond acceptors (Lipinski definition) is 2. The van der Waals surface area contributed by atoms with E-state index in [2.05, 4.69) is 18.7 Å². The van der Waals surface area contributed by atoms with Crippen LogP contribution in [-0.4, -0.2) is 0 Å². The number of aryl methyl sites for hydroxylation is 1. The van der Waals surface area contributed by atoms with Gasteiger partial charge in [-0.3, -0.25) is 0 Å². The summed E-state index contributed by atoms with van der Waals surface area (Å²) in [6.45, 7) is 6.14.